The molecule has 19 heavy (non-hydrogen) atoms. The van der Waals surface area contributed by atoms with Crippen molar-refractivity contribution in [3.63, 3.8) is 0 Å². The molecule has 104 valence electrons. The van der Waals surface area contributed by atoms with E-state index in [1.807, 2.05) is 34.6 Å². The summed E-state index contributed by atoms with van der Waals surface area (Å²) in [4.78, 5) is 3.98. The summed E-state index contributed by atoms with van der Waals surface area (Å²) in [6, 6.07) is 1.64. The quantitative estimate of drug-likeness (QED) is 0.849. The Balaban J connectivity index is 2.31. The molecule has 0 aromatic carbocycles. The van der Waals surface area contributed by atoms with Gasteiger partial charge in [-0.3, -0.25) is 0 Å². The minimum atomic E-state index is -0.703. The van der Waals surface area contributed by atoms with Gasteiger partial charge in [-0.2, -0.15) is 0 Å². The summed E-state index contributed by atoms with van der Waals surface area (Å²) in [6.07, 6.45) is 1.19. The van der Waals surface area contributed by atoms with Crippen molar-refractivity contribution in [3.05, 3.63) is 18.1 Å². The molecule has 1 aliphatic heterocycles. The molecule has 0 amide bonds. The van der Waals surface area contributed by atoms with E-state index in [1.54, 1.807) is 6.07 Å². The maximum absolute atomic E-state index is 13.9. The molecule has 6 heteroatoms. The molecule has 0 spiro atoms. The molecule has 1 aromatic rings. The fourth-order valence-electron chi connectivity index (χ4n) is 1.88. The number of hydrogen-bond acceptors (Lipinski definition) is 4. The number of anilines is 1. The number of hydrogen-bond donors (Lipinski definition) is 1. The van der Waals surface area contributed by atoms with Crippen molar-refractivity contribution in [2.24, 2.45) is 0 Å². The third kappa shape index (κ3) is 2.60. The van der Waals surface area contributed by atoms with E-state index in [-0.39, 0.29) is 0 Å². The van der Waals surface area contributed by atoms with Crippen LogP contribution in [-0.4, -0.2) is 29.8 Å². The Hall–Kier alpha value is -1.14. The van der Waals surface area contributed by atoms with Crippen LogP contribution in [0.1, 0.15) is 34.6 Å². The fraction of sp³-hybridized carbons (Fsp3) is 0.615. The Morgan fingerprint density at radius 3 is 2.37 bits per heavy atom. The van der Waals surface area contributed by atoms with E-state index < -0.39 is 24.1 Å². The molecule has 1 aromatic heterocycles. The van der Waals surface area contributed by atoms with E-state index >= 15 is 0 Å². The van der Waals surface area contributed by atoms with Crippen LogP contribution in [0.25, 0.3) is 0 Å². The summed E-state index contributed by atoms with van der Waals surface area (Å²) in [5.74, 6) is 0.203. The zero-order valence-corrected chi connectivity index (χ0v) is 12.1. The van der Waals surface area contributed by atoms with Gasteiger partial charge in [0.25, 0.3) is 0 Å². The first-order valence-corrected chi connectivity index (χ1v) is 6.52. The van der Waals surface area contributed by atoms with Gasteiger partial charge in [-0.15, -0.1) is 0 Å². The van der Waals surface area contributed by atoms with Crippen molar-refractivity contribution in [1.82, 2.24) is 4.98 Å². The van der Waals surface area contributed by atoms with Gasteiger partial charge in [0.15, 0.2) is 0 Å². The van der Waals surface area contributed by atoms with Crippen LogP contribution >= 0.6 is 0 Å². The average Bonchev–Trinajstić information content (AvgIpc) is 2.51. The molecule has 0 saturated carbocycles. The third-order valence-corrected chi connectivity index (χ3v) is 3.75. The lowest BCUT2D eigenvalue weighted by Gasteiger charge is -2.32. The number of halogens is 1. The summed E-state index contributed by atoms with van der Waals surface area (Å²) in [5, 5.41) is 3.05. The molecular formula is C13H20BFN2O2. The predicted molar refractivity (Wildman–Crippen MR) is 74.1 cm³/mol. The standard InChI is InChI=1S/C13H20BFN2O2/c1-6-16-11-7-9(10(15)8-17-11)14-18-12(2,3)13(4,5)19-14/h7-8H,6H2,1-5H3,(H,16,17). The van der Waals surface area contributed by atoms with Crippen LogP contribution in [0, 0.1) is 5.82 Å². The second-order valence-corrected chi connectivity index (χ2v) is 5.71. The first-order chi connectivity index (χ1) is 8.77. The van der Waals surface area contributed by atoms with E-state index in [0.717, 1.165) is 6.54 Å². The largest absolute Gasteiger partial charge is 0.498 e. The minimum Gasteiger partial charge on any atom is -0.399 e. The van der Waals surface area contributed by atoms with Crippen molar-refractivity contribution in [2.45, 2.75) is 45.8 Å². The first kappa shape index (κ1) is 14.3. The molecular weight excluding hydrogens is 246 g/mol. The Bertz CT molecular complexity index is 464. The van der Waals surface area contributed by atoms with Crippen LogP contribution in [0.5, 0.6) is 0 Å². The molecule has 0 bridgehead atoms. The SMILES string of the molecule is CCNc1cc(B2OC(C)(C)C(C)(C)O2)c(F)cn1. The summed E-state index contributed by atoms with van der Waals surface area (Å²) in [7, 11) is -0.703. The van der Waals surface area contributed by atoms with E-state index in [0.29, 0.717) is 11.3 Å². The van der Waals surface area contributed by atoms with Gasteiger partial charge in [0.1, 0.15) is 11.6 Å². The van der Waals surface area contributed by atoms with Gasteiger partial charge < -0.3 is 14.6 Å². The monoisotopic (exact) mass is 266 g/mol. The normalized spacial score (nSPS) is 20.6. The van der Waals surface area contributed by atoms with Crippen molar-refractivity contribution < 1.29 is 13.7 Å². The van der Waals surface area contributed by atoms with Crippen LogP contribution in [0.3, 0.4) is 0 Å². The first-order valence-electron chi connectivity index (χ1n) is 6.52. The Labute approximate surface area is 113 Å². The van der Waals surface area contributed by atoms with E-state index in [2.05, 4.69) is 10.3 Å². The number of pyridine rings is 1. The van der Waals surface area contributed by atoms with Gasteiger partial charge in [-0.05, 0) is 40.7 Å². The highest BCUT2D eigenvalue weighted by atomic mass is 19.1. The molecule has 1 saturated heterocycles. The van der Waals surface area contributed by atoms with Gasteiger partial charge in [-0.1, -0.05) is 0 Å². The average molecular weight is 266 g/mol. The van der Waals surface area contributed by atoms with E-state index in [4.69, 9.17) is 9.31 Å². The van der Waals surface area contributed by atoms with Crippen LogP contribution in [0.4, 0.5) is 10.2 Å². The molecule has 2 rings (SSSR count). The maximum atomic E-state index is 13.9. The minimum absolute atomic E-state index is 0.379. The summed E-state index contributed by atoms with van der Waals surface area (Å²) in [6.45, 7) is 10.4. The van der Waals surface area contributed by atoms with Gasteiger partial charge in [0.05, 0.1) is 17.4 Å². The van der Waals surface area contributed by atoms with Crippen LogP contribution in [-0.2, 0) is 9.31 Å². The molecule has 0 radical (unpaired) electrons. The molecule has 0 aliphatic carbocycles. The van der Waals surface area contributed by atoms with Gasteiger partial charge in [-0.25, -0.2) is 9.37 Å². The number of nitrogens with zero attached hydrogens (tertiary/aromatic N) is 1. The van der Waals surface area contributed by atoms with Crippen LogP contribution in [0.15, 0.2) is 12.3 Å². The summed E-state index contributed by atoms with van der Waals surface area (Å²) < 4.78 is 25.6. The van der Waals surface area contributed by atoms with E-state index in [9.17, 15) is 4.39 Å². The lowest BCUT2D eigenvalue weighted by atomic mass is 9.79. The molecule has 0 unspecified atom stereocenters. The van der Waals surface area contributed by atoms with Crippen molar-refractivity contribution in [1.29, 1.82) is 0 Å². The van der Waals surface area contributed by atoms with Crippen molar-refractivity contribution >= 4 is 18.4 Å². The van der Waals surface area contributed by atoms with Crippen molar-refractivity contribution in [3.8, 4) is 0 Å². The molecule has 1 fully saturated rings. The summed E-state index contributed by atoms with van der Waals surface area (Å²) >= 11 is 0. The fourth-order valence-corrected chi connectivity index (χ4v) is 1.88. The zero-order chi connectivity index (χ0) is 14.3. The third-order valence-electron chi connectivity index (χ3n) is 3.75. The van der Waals surface area contributed by atoms with Crippen LogP contribution < -0.4 is 10.8 Å². The lowest BCUT2D eigenvalue weighted by Crippen LogP contribution is -2.41. The zero-order valence-electron chi connectivity index (χ0n) is 12.1. The topological polar surface area (TPSA) is 43.4 Å². The molecule has 0 atom stereocenters. The molecule has 1 aliphatic rings. The molecule has 4 nitrogen and oxygen atoms in total. The number of rotatable bonds is 3. The van der Waals surface area contributed by atoms with Gasteiger partial charge >= 0.3 is 7.12 Å². The Morgan fingerprint density at radius 1 is 1.26 bits per heavy atom. The maximum Gasteiger partial charge on any atom is 0.498 e. The number of nitrogens with one attached hydrogen (secondary N) is 1. The smallest absolute Gasteiger partial charge is 0.399 e. The molecule has 2 heterocycles. The van der Waals surface area contributed by atoms with Gasteiger partial charge in [0, 0.05) is 12.0 Å². The summed E-state index contributed by atoms with van der Waals surface area (Å²) in [5.41, 5.74) is -0.582. The second kappa shape index (κ2) is 4.76. The van der Waals surface area contributed by atoms with E-state index in [1.165, 1.54) is 6.20 Å². The Kier molecular flexibility index (Phi) is 3.58. The second-order valence-electron chi connectivity index (χ2n) is 5.71. The Morgan fingerprint density at radius 2 is 1.84 bits per heavy atom. The van der Waals surface area contributed by atoms with Crippen LogP contribution in [0.2, 0.25) is 0 Å². The highest BCUT2D eigenvalue weighted by Gasteiger charge is 2.52. The lowest BCUT2D eigenvalue weighted by molar-refractivity contribution is 0.00578. The number of aromatic nitrogens is 1. The highest BCUT2D eigenvalue weighted by molar-refractivity contribution is 6.62. The highest BCUT2D eigenvalue weighted by Crippen LogP contribution is 2.36. The molecule has 1 N–H and O–H groups in total. The predicted octanol–water partition coefficient (Wildman–Crippen LogP) is 1.95. The van der Waals surface area contributed by atoms with Gasteiger partial charge in [0.2, 0.25) is 0 Å². The van der Waals surface area contributed by atoms with Crippen molar-refractivity contribution in [2.75, 3.05) is 11.9 Å².